The Morgan fingerprint density at radius 3 is 2.75 bits per heavy atom. The van der Waals surface area contributed by atoms with Crippen molar-refractivity contribution in [3.05, 3.63) is 17.7 Å². The van der Waals surface area contributed by atoms with Gasteiger partial charge in [-0.1, -0.05) is 6.92 Å². The van der Waals surface area contributed by atoms with E-state index in [9.17, 15) is 0 Å². The van der Waals surface area contributed by atoms with E-state index in [0.29, 0.717) is 12.4 Å². The first-order chi connectivity index (χ1) is 9.75. The summed E-state index contributed by atoms with van der Waals surface area (Å²) in [5.74, 6) is 2.33. The monoisotopic (exact) mass is 311 g/mol. The third kappa shape index (κ3) is 4.12. The van der Waals surface area contributed by atoms with Gasteiger partial charge in [-0.3, -0.25) is 0 Å². The molecule has 2 rings (SSSR count). The Kier molecular flexibility index (Phi) is 5.69. The smallest absolute Gasteiger partial charge is 0.176 e. The third-order valence-electron chi connectivity index (χ3n) is 2.34. The fourth-order valence-electron chi connectivity index (χ4n) is 1.50. The summed E-state index contributed by atoms with van der Waals surface area (Å²) in [7, 11) is 1.63. The van der Waals surface area contributed by atoms with E-state index in [1.165, 1.54) is 23.3 Å². The molecule has 6 nitrogen and oxygen atoms in total. The lowest BCUT2D eigenvalue weighted by atomic mass is 10.5. The van der Waals surface area contributed by atoms with E-state index in [1.54, 1.807) is 7.11 Å². The van der Waals surface area contributed by atoms with Gasteiger partial charge in [0.1, 0.15) is 23.3 Å². The summed E-state index contributed by atoms with van der Waals surface area (Å²) >= 11 is 2.90. The highest BCUT2D eigenvalue weighted by Crippen LogP contribution is 2.29. The van der Waals surface area contributed by atoms with Gasteiger partial charge in [0.15, 0.2) is 10.2 Å². The van der Waals surface area contributed by atoms with Crippen LogP contribution in [0.15, 0.2) is 15.4 Å². The van der Waals surface area contributed by atoms with Gasteiger partial charge in [-0.15, -0.1) is 0 Å². The molecule has 108 valence electrons. The number of aromatic nitrogens is 4. The molecule has 8 heteroatoms. The van der Waals surface area contributed by atoms with E-state index in [1.807, 2.05) is 19.9 Å². The molecule has 0 amide bonds. The predicted octanol–water partition coefficient (Wildman–Crippen LogP) is 2.62. The van der Waals surface area contributed by atoms with Crippen molar-refractivity contribution in [1.29, 1.82) is 0 Å². The molecule has 20 heavy (non-hydrogen) atoms. The van der Waals surface area contributed by atoms with Gasteiger partial charge in [0.2, 0.25) is 0 Å². The zero-order valence-electron chi connectivity index (χ0n) is 11.7. The quantitative estimate of drug-likeness (QED) is 0.788. The van der Waals surface area contributed by atoms with Crippen LogP contribution in [0.1, 0.15) is 25.5 Å². The number of hydrogen-bond donors (Lipinski definition) is 1. The average molecular weight is 311 g/mol. The molecule has 0 radical (unpaired) electrons. The van der Waals surface area contributed by atoms with E-state index >= 15 is 0 Å². The topological polar surface area (TPSA) is 72.8 Å². The Morgan fingerprint density at radius 2 is 2.10 bits per heavy atom. The maximum Gasteiger partial charge on any atom is 0.176 e. The number of hydrogen-bond acceptors (Lipinski definition) is 8. The first-order valence-electron chi connectivity index (χ1n) is 6.36. The van der Waals surface area contributed by atoms with Gasteiger partial charge in [0, 0.05) is 26.1 Å². The minimum absolute atomic E-state index is 0.392. The van der Waals surface area contributed by atoms with Crippen LogP contribution in [-0.4, -0.2) is 33.0 Å². The normalized spacial score (nSPS) is 10.8. The maximum atomic E-state index is 5.10. The number of anilines is 1. The standard InChI is InChI=1S/C12H17N5OS2/c1-4-8-16-12(20-17-8)19-11-6-9(13-5-2)14-10(15-11)7-18-3/h6H,4-5,7H2,1-3H3,(H,13,14,15). The van der Waals surface area contributed by atoms with Gasteiger partial charge in [-0.05, 0) is 30.2 Å². The summed E-state index contributed by atoms with van der Waals surface area (Å²) in [6.07, 6.45) is 0.846. The molecule has 0 aromatic carbocycles. The molecule has 2 heterocycles. The Hall–Kier alpha value is -1.25. The summed E-state index contributed by atoms with van der Waals surface area (Å²) in [6, 6.07) is 1.92. The average Bonchev–Trinajstić information content (AvgIpc) is 2.87. The summed E-state index contributed by atoms with van der Waals surface area (Å²) in [4.78, 5) is 13.3. The summed E-state index contributed by atoms with van der Waals surface area (Å²) in [6.45, 7) is 5.28. The first-order valence-corrected chi connectivity index (χ1v) is 7.95. The molecule has 0 unspecified atom stereocenters. The van der Waals surface area contributed by atoms with E-state index in [0.717, 1.165) is 34.0 Å². The second-order valence-electron chi connectivity index (χ2n) is 3.90. The highest BCUT2D eigenvalue weighted by Gasteiger charge is 2.09. The Labute approximate surface area is 126 Å². The fraction of sp³-hybridized carbons (Fsp3) is 0.500. The van der Waals surface area contributed by atoms with Crippen molar-refractivity contribution >= 4 is 29.1 Å². The van der Waals surface area contributed by atoms with E-state index in [-0.39, 0.29) is 0 Å². The van der Waals surface area contributed by atoms with Crippen LogP contribution in [0.3, 0.4) is 0 Å². The zero-order chi connectivity index (χ0) is 14.4. The van der Waals surface area contributed by atoms with Gasteiger partial charge >= 0.3 is 0 Å². The second-order valence-corrected chi connectivity index (χ2v) is 5.92. The van der Waals surface area contributed by atoms with Gasteiger partial charge in [-0.25, -0.2) is 15.0 Å². The first kappa shape index (κ1) is 15.1. The van der Waals surface area contributed by atoms with E-state index in [4.69, 9.17) is 4.74 Å². The molecule has 0 saturated heterocycles. The van der Waals surface area contributed by atoms with Crippen LogP contribution >= 0.6 is 23.3 Å². The molecule has 0 atom stereocenters. The predicted molar refractivity (Wildman–Crippen MR) is 80.3 cm³/mol. The second kappa shape index (κ2) is 7.51. The highest BCUT2D eigenvalue weighted by atomic mass is 32.2. The highest BCUT2D eigenvalue weighted by molar-refractivity contribution is 8.00. The molecule has 0 fully saturated rings. The molecule has 0 saturated carbocycles. The lowest BCUT2D eigenvalue weighted by Crippen LogP contribution is -2.05. The van der Waals surface area contributed by atoms with Crippen LogP contribution in [0.4, 0.5) is 5.82 Å². The SMILES string of the molecule is CCNc1cc(Sc2nc(CC)ns2)nc(COC)n1. The fourth-order valence-corrected chi connectivity index (χ4v) is 3.17. The van der Waals surface area contributed by atoms with Crippen molar-refractivity contribution in [1.82, 2.24) is 19.3 Å². The minimum Gasteiger partial charge on any atom is -0.377 e. The Morgan fingerprint density at radius 1 is 1.25 bits per heavy atom. The molecule has 0 spiro atoms. The number of nitrogens with zero attached hydrogens (tertiary/aromatic N) is 4. The third-order valence-corrected chi connectivity index (χ3v) is 4.05. The number of nitrogens with one attached hydrogen (secondary N) is 1. The lowest BCUT2D eigenvalue weighted by molar-refractivity contribution is 0.177. The molecule has 0 aliphatic heterocycles. The van der Waals surface area contributed by atoms with Crippen LogP contribution in [0.25, 0.3) is 0 Å². The minimum atomic E-state index is 0.392. The molecule has 2 aromatic heterocycles. The van der Waals surface area contributed by atoms with Crippen LogP contribution < -0.4 is 5.32 Å². The summed E-state index contributed by atoms with van der Waals surface area (Å²) in [5, 5.41) is 4.05. The zero-order valence-corrected chi connectivity index (χ0v) is 13.3. The van der Waals surface area contributed by atoms with Crippen LogP contribution in [0, 0.1) is 0 Å². The number of rotatable bonds is 7. The molecule has 1 N–H and O–H groups in total. The molecular weight excluding hydrogens is 294 g/mol. The van der Waals surface area contributed by atoms with Crippen molar-refractivity contribution in [2.45, 2.75) is 36.2 Å². The number of ether oxygens (including phenoxy) is 1. The van der Waals surface area contributed by atoms with Crippen LogP contribution in [-0.2, 0) is 17.8 Å². The molecule has 2 aromatic rings. The van der Waals surface area contributed by atoms with Crippen LogP contribution in [0.2, 0.25) is 0 Å². The van der Waals surface area contributed by atoms with Crippen molar-refractivity contribution in [3.8, 4) is 0 Å². The van der Waals surface area contributed by atoms with E-state index < -0.39 is 0 Å². The molecule has 0 aliphatic carbocycles. The van der Waals surface area contributed by atoms with Gasteiger partial charge in [0.25, 0.3) is 0 Å². The molecular formula is C12H17N5OS2. The van der Waals surface area contributed by atoms with Crippen LogP contribution in [0.5, 0.6) is 0 Å². The van der Waals surface area contributed by atoms with Gasteiger partial charge < -0.3 is 10.1 Å². The maximum absolute atomic E-state index is 5.10. The summed E-state index contributed by atoms with van der Waals surface area (Å²) in [5.41, 5.74) is 0. The van der Waals surface area contributed by atoms with Crippen molar-refractivity contribution < 1.29 is 4.74 Å². The van der Waals surface area contributed by atoms with Gasteiger partial charge in [-0.2, -0.15) is 4.37 Å². The Balaban J connectivity index is 2.20. The largest absolute Gasteiger partial charge is 0.377 e. The van der Waals surface area contributed by atoms with Crippen molar-refractivity contribution in [2.75, 3.05) is 19.0 Å². The van der Waals surface area contributed by atoms with Crippen molar-refractivity contribution in [3.63, 3.8) is 0 Å². The summed E-state index contributed by atoms with van der Waals surface area (Å²) < 4.78 is 10.3. The van der Waals surface area contributed by atoms with Gasteiger partial charge in [0.05, 0.1) is 0 Å². The van der Waals surface area contributed by atoms with Crippen molar-refractivity contribution in [2.24, 2.45) is 0 Å². The lowest BCUT2D eigenvalue weighted by Gasteiger charge is -2.07. The number of methoxy groups -OCH3 is 1. The Bertz CT molecular complexity index is 536. The van der Waals surface area contributed by atoms with E-state index in [2.05, 4.69) is 24.6 Å². The molecule has 0 bridgehead atoms. The molecule has 0 aliphatic rings. The number of aryl methyl sites for hydroxylation is 1.